The van der Waals surface area contributed by atoms with E-state index >= 15 is 0 Å². The molecule has 2 N–H and O–H groups in total. The van der Waals surface area contributed by atoms with Gasteiger partial charge in [0.1, 0.15) is 23.4 Å². The molecule has 21 heavy (non-hydrogen) atoms. The van der Waals surface area contributed by atoms with Crippen LogP contribution in [0.1, 0.15) is 35.3 Å². The fourth-order valence-electron chi connectivity index (χ4n) is 2.68. The van der Waals surface area contributed by atoms with Crippen molar-refractivity contribution in [3.8, 4) is 11.5 Å². The highest BCUT2D eigenvalue weighted by Gasteiger charge is 2.27. The van der Waals surface area contributed by atoms with E-state index in [2.05, 4.69) is 0 Å². The molecule has 0 radical (unpaired) electrons. The number of methoxy groups -OCH3 is 1. The van der Waals surface area contributed by atoms with Crippen molar-refractivity contribution in [2.24, 2.45) is 5.73 Å². The molecule has 3 rings (SSSR count). The van der Waals surface area contributed by atoms with Crippen LogP contribution in [-0.4, -0.2) is 7.11 Å². The van der Waals surface area contributed by atoms with Gasteiger partial charge in [0.2, 0.25) is 0 Å². The van der Waals surface area contributed by atoms with E-state index in [4.69, 9.17) is 15.2 Å². The smallest absolute Gasteiger partial charge is 0.128 e. The van der Waals surface area contributed by atoms with Crippen LogP contribution in [0.5, 0.6) is 11.5 Å². The standard InChI is InChI=1S/C17H18FNO2/c1-10-7-11(3-6-14(10)18)16-9-15(19)13-5-4-12(20-2)8-17(13)21-16/h3-8,15-16H,9,19H2,1-2H3/t15-,16?/m0/s1. The van der Waals surface area contributed by atoms with Crippen molar-refractivity contribution >= 4 is 0 Å². The number of ether oxygens (including phenoxy) is 2. The Labute approximate surface area is 123 Å². The molecule has 1 aliphatic rings. The van der Waals surface area contributed by atoms with Gasteiger partial charge in [-0.05, 0) is 36.2 Å². The van der Waals surface area contributed by atoms with Gasteiger partial charge >= 0.3 is 0 Å². The average molecular weight is 287 g/mol. The number of hydrogen-bond donors (Lipinski definition) is 1. The molecule has 2 aromatic carbocycles. The Morgan fingerprint density at radius 3 is 2.76 bits per heavy atom. The van der Waals surface area contributed by atoms with Crippen LogP contribution in [0.4, 0.5) is 4.39 Å². The molecule has 1 heterocycles. The van der Waals surface area contributed by atoms with E-state index in [-0.39, 0.29) is 18.0 Å². The van der Waals surface area contributed by atoms with Crippen molar-refractivity contribution in [1.82, 2.24) is 0 Å². The van der Waals surface area contributed by atoms with Crippen molar-refractivity contribution in [3.63, 3.8) is 0 Å². The molecule has 3 nitrogen and oxygen atoms in total. The van der Waals surface area contributed by atoms with Crippen LogP contribution >= 0.6 is 0 Å². The van der Waals surface area contributed by atoms with E-state index < -0.39 is 0 Å². The molecule has 0 fully saturated rings. The van der Waals surface area contributed by atoms with Gasteiger partial charge in [0, 0.05) is 24.1 Å². The molecule has 0 saturated heterocycles. The van der Waals surface area contributed by atoms with Crippen molar-refractivity contribution in [2.75, 3.05) is 7.11 Å². The fraction of sp³-hybridized carbons (Fsp3) is 0.294. The summed E-state index contributed by atoms with van der Waals surface area (Å²) in [5, 5.41) is 0. The number of benzene rings is 2. The summed E-state index contributed by atoms with van der Waals surface area (Å²) in [7, 11) is 1.62. The maximum Gasteiger partial charge on any atom is 0.128 e. The van der Waals surface area contributed by atoms with E-state index in [1.54, 1.807) is 20.1 Å². The molecule has 0 amide bonds. The molecule has 0 bridgehead atoms. The lowest BCUT2D eigenvalue weighted by Crippen LogP contribution is -2.24. The molecule has 0 saturated carbocycles. The quantitative estimate of drug-likeness (QED) is 0.916. The van der Waals surface area contributed by atoms with Gasteiger partial charge in [0.05, 0.1) is 7.11 Å². The first-order valence-electron chi connectivity index (χ1n) is 6.94. The largest absolute Gasteiger partial charge is 0.497 e. The van der Waals surface area contributed by atoms with Gasteiger partial charge in [0.15, 0.2) is 0 Å². The normalized spacial score (nSPS) is 20.6. The highest BCUT2D eigenvalue weighted by Crippen LogP contribution is 2.41. The summed E-state index contributed by atoms with van der Waals surface area (Å²) in [6, 6.07) is 10.6. The van der Waals surface area contributed by atoms with Gasteiger partial charge < -0.3 is 15.2 Å². The Morgan fingerprint density at radius 2 is 2.05 bits per heavy atom. The Kier molecular flexibility index (Phi) is 3.55. The second kappa shape index (κ2) is 5.37. The molecule has 1 unspecified atom stereocenters. The summed E-state index contributed by atoms with van der Waals surface area (Å²) in [5.74, 6) is 1.26. The van der Waals surface area contributed by atoms with Gasteiger partial charge in [-0.25, -0.2) is 4.39 Å². The number of fused-ring (bicyclic) bond motifs is 1. The zero-order valence-electron chi connectivity index (χ0n) is 12.1. The average Bonchev–Trinajstić information content (AvgIpc) is 2.49. The predicted octanol–water partition coefficient (Wildman–Crippen LogP) is 3.67. The second-order valence-electron chi connectivity index (χ2n) is 5.36. The van der Waals surface area contributed by atoms with Crippen LogP contribution < -0.4 is 15.2 Å². The van der Waals surface area contributed by atoms with Gasteiger partial charge in [-0.1, -0.05) is 12.1 Å². The van der Waals surface area contributed by atoms with Gasteiger partial charge in [-0.3, -0.25) is 0 Å². The highest BCUT2D eigenvalue weighted by molar-refractivity contribution is 5.44. The summed E-state index contributed by atoms with van der Waals surface area (Å²) in [6.07, 6.45) is 0.503. The Bertz CT molecular complexity index is 672. The molecule has 2 aromatic rings. The van der Waals surface area contributed by atoms with E-state index in [1.807, 2.05) is 24.3 Å². The first-order chi connectivity index (χ1) is 10.1. The topological polar surface area (TPSA) is 44.5 Å². The Hall–Kier alpha value is -2.07. The van der Waals surface area contributed by atoms with E-state index in [9.17, 15) is 4.39 Å². The summed E-state index contributed by atoms with van der Waals surface area (Å²) in [4.78, 5) is 0. The number of nitrogens with two attached hydrogens (primary N) is 1. The zero-order chi connectivity index (χ0) is 15.0. The maximum atomic E-state index is 13.4. The minimum absolute atomic E-state index is 0.102. The van der Waals surface area contributed by atoms with Crippen molar-refractivity contribution in [1.29, 1.82) is 0 Å². The summed E-state index contributed by atoms with van der Waals surface area (Å²) in [5.41, 5.74) is 8.77. The van der Waals surface area contributed by atoms with Crippen molar-refractivity contribution in [2.45, 2.75) is 25.5 Å². The molecule has 0 aliphatic carbocycles. The summed E-state index contributed by atoms with van der Waals surface area (Å²) >= 11 is 0. The van der Waals surface area contributed by atoms with Crippen LogP contribution in [0.3, 0.4) is 0 Å². The van der Waals surface area contributed by atoms with Gasteiger partial charge in [-0.15, -0.1) is 0 Å². The van der Waals surface area contributed by atoms with Crippen LogP contribution in [0.2, 0.25) is 0 Å². The maximum absolute atomic E-state index is 13.4. The highest BCUT2D eigenvalue weighted by atomic mass is 19.1. The molecular weight excluding hydrogens is 269 g/mol. The van der Waals surface area contributed by atoms with Crippen molar-refractivity contribution < 1.29 is 13.9 Å². The molecule has 110 valence electrons. The molecule has 0 spiro atoms. The fourth-order valence-corrected chi connectivity index (χ4v) is 2.68. The number of aryl methyl sites for hydroxylation is 1. The van der Waals surface area contributed by atoms with Crippen LogP contribution in [0.25, 0.3) is 0 Å². The third-order valence-electron chi connectivity index (χ3n) is 3.91. The zero-order valence-corrected chi connectivity index (χ0v) is 12.1. The Morgan fingerprint density at radius 1 is 1.24 bits per heavy atom. The SMILES string of the molecule is COc1ccc2c(c1)OC(c1ccc(F)c(C)c1)C[C@@H]2N. The minimum Gasteiger partial charge on any atom is -0.497 e. The minimum atomic E-state index is -0.207. The third-order valence-corrected chi connectivity index (χ3v) is 3.91. The molecule has 0 aromatic heterocycles. The van der Waals surface area contributed by atoms with E-state index in [1.165, 1.54) is 6.07 Å². The Balaban J connectivity index is 1.94. The molecular formula is C17H18FNO2. The number of rotatable bonds is 2. The van der Waals surface area contributed by atoms with E-state index in [0.717, 1.165) is 22.6 Å². The lowest BCUT2D eigenvalue weighted by molar-refractivity contribution is 0.160. The lowest BCUT2D eigenvalue weighted by atomic mass is 9.93. The number of hydrogen-bond acceptors (Lipinski definition) is 3. The molecule has 1 aliphatic heterocycles. The molecule has 2 atom stereocenters. The van der Waals surface area contributed by atoms with Gasteiger partial charge in [0.25, 0.3) is 0 Å². The lowest BCUT2D eigenvalue weighted by Gasteiger charge is -2.31. The number of halogens is 1. The first kappa shape index (κ1) is 13.9. The van der Waals surface area contributed by atoms with E-state index in [0.29, 0.717) is 12.0 Å². The predicted molar refractivity (Wildman–Crippen MR) is 79.0 cm³/mol. The first-order valence-corrected chi connectivity index (χ1v) is 6.94. The summed E-state index contributed by atoms with van der Waals surface area (Å²) in [6.45, 7) is 1.75. The van der Waals surface area contributed by atoms with Crippen LogP contribution in [0, 0.1) is 12.7 Å². The van der Waals surface area contributed by atoms with Crippen molar-refractivity contribution in [3.05, 3.63) is 58.9 Å². The summed E-state index contributed by atoms with van der Waals surface area (Å²) < 4.78 is 24.7. The third kappa shape index (κ3) is 2.59. The van der Waals surface area contributed by atoms with Gasteiger partial charge in [-0.2, -0.15) is 0 Å². The molecule has 4 heteroatoms. The second-order valence-corrected chi connectivity index (χ2v) is 5.36. The monoisotopic (exact) mass is 287 g/mol. The van der Waals surface area contributed by atoms with Crippen LogP contribution in [-0.2, 0) is 0 Å². The van der Waals surface area contributed by atoms with Crippen LogP contribution in [0.15, 0.2) is 36.4 Å².